The predicted molar refractivity (Wildman–Crippen MR) is 68.9 cm³/mol. The van der Waals surface area contributed by atoms with Gasteiger partial charge in [0.05, 0.1) is 5.56 Å². The third-order valence-corrected chi connectivity index (χ3v) is 3.41. The van der Waals surface area contributed by atoms with Crippen molar-refractivity contribution in [2.75, 3.05) is 0 Å². The molecule has 0 aliphatic heterocycles. The molecule has 0 amide bonds. The normalized spacial score (nSPS) is 11.8. The van der Waals surface area contributed by atoms with Crippen LogP contribution < -0.4 is 0 Å². The van der Waals surface area contributed by atoms with E-state index >= 15 is 0 Å². The average molecular weight is 300 g/mol. The molecular formula is C13H11F3O3Si. The van der Waals surface area contributed by atoms with Crippen LogP contribution in [0, 0.1) is 17.5 Å². The van der Waals surface area contributed by atoms with Crippen molar-refractivity contribution < 1.29 is 27.8 Å². The van der Waals surface area contributed by atoms with Crippen molar-refractivity contribution in [3.8, 4) is 11.1 Å². The van der Waals surface area contributed by atoms with E-state index in [1.807, 2.05) is 0 Å². The van der Waals surface area contributed by atoms with E-state index in [1.54, 1.807) is 0 Å². The Morgan fingerprint density at radius 3 is 1.90 bits per heavy atom. The lowest BCUT2D eigenvalue weighted by Gasteiger charge is -2.20. The highest BCUT2D eigenvalue weighted by Gasteiger charge is 2.24. The van der Waals surface area contributed by atoms with Gasteiger partial charge in [-0.3, -0.25) is 0 Å². The molecule has 0 aliphatic carbocycles. The summed E-state index contributed by atoms with van der Waals surface area (Å²) in [7, 11) is 0.0904. The van der Waals surface area contributed by atoms with Gasteiger partial charge in [-0.25, -0.2) is 13.2 Å². The van der Waals surface area contributed by atoms with Gasteiger partial charge >= 0.3 is 0 Å². The Labute approximate surface area is 115 Å². The lowest BCUT2D eigenvalue weighted by molar-refractivity contribution is -0.303. The first-order chi connectivity index (χ1) is 9.35. The van der Waals surface area contributed by atoms with Crippen LogP contribution in [0.5, 0.6) is 0 Å². The van der Waals surface area contributed by atoms with Crippen LogP contribution in [0.25, 0.3) is 11.1 Å². The molecule has 0 atom stereocenters. The minimum atomic E-state index is -2.43. The van der Waals surface area contributed by atoms with E-state index in [2.05, 4.69) is 4.43 Å². The van der Waals surface area contributed by atoms with Crippen LogP contribution in [0.15, 0.2) is 36.4 Å². The molecule has 7 heteroatoms. The predicted octanol–water partition coefficient (Wildman–Crippen LogP) is 1.16. The van der Waals surface area contributed by atoms with Crippen molar-refractivity contribution in [2.45, 2.75) is 5.97 Å². The van der Waals surface area contributed by atoms with Gasteiger partial charge < -0.3 is 14.6 Å². The zero-order valence-corrected chi connectivity index (χ0v) is 12.4. The first kappa shape index (κ1) is 14.7. The molecule has 0 radical (unpaired) electrons. The second-order valence-electron chi connectivity index (χ2n) is 4.13. The fourth-order valence-electron chi connectivity index (χ4n) is 1.79. The highest BCUT2D eigenvalue weighted by molar-refractivity contribution is 5.98. The smallest absolute Gasteiger partial charge is 0.296 e. The van der Waals surface area contributed by atoms with Gasteiger partial charge in [-0.15, -0.1) is 0 Å². The third-order valence-electron chi connectivity index (χ3n) is 2.84. The molecule has 0 heterocycles. The molecule has 0 fully saturated rings. The van der Waals surface area contributed by atoms with Gasteiger partial charge in [-0.2, -0.15) is 0 Å². The summed E-state index contributed by atoms with van der Waals surface area (Å²) in [6.07, 6.45) is 0. The number of hydrogen-bond acceptors (Lipinski definition) is 3. The van der Waals surface area contributed by atoms with Crippen LogP contribution in [0.4, 0.5) is 13.2 Å². The average Bonchev–Trinajstić information content (AvgIpc) is 2.38. The Bertz CT molecular complexity index is 606. The molecule has 20 heavy (non-hydrogen) atoms. The topological polar surface area (TPSA) is 49.7 Å². The second kappa shape index (κ2) is 5.37. The van der Waals surface area contributed by atoms with E-state index in [4.69, 9.17) is 0 Å². The van der Waals surface area contributed by atoms with Crippen LogP contribution in [-0.2, 0) is 10.4 Å². The van der Waals surface area contributed by atoms with Crippen LogP contribution in [0.3, 0.4) is 0 Å². The van der Waals surface area contributed by atoms with Crippen molar-refractivity contribution >= 4 is 10.5 Å². The van der Waals surface area contributed by atoms with E-state index in [0.717, 1.165) is 0 Å². The van der Waals surface area contributed by atoms with Crippen molar-refractivity contribution in [3.05, 3.63) is 59.4 Å². The standard InChI is InChI=1S/C13H11F3O3Si/c14-9-5-10(15)12(11(16)6-9)7-1-3-8(4-2-7)13(17,18)19-20/h1-6,17-18H,20H3. The highest BCUT2D eigenvalue weighted by atomic mass is 28.2. The molecule has 2 aromatic rings. The molecule has 2 aromatic carbocycles. The Morgan fingerprint density at radius 1 is 0.950 bits per heavy atom. The molecule has 0 unspecified atom stereocenters. The summed E-state index contributed by atoms with van der Waals surface area (Å²) in [4.78, 5) is 0. The van der Waals surface area contributed by atoms with Crippen molar-refractivity contribution in [1.82, 2.24) is 0 Å². The van der Waals surface area contributed by atoms with E-state index < -0.39 is 23.4 Å². The van der Waals surface area contributed by atoms with Gasteiger partial charge in [-0.05, 0) is 5.56 Å². The number of halogens is 3. The van der Waals surface area contributed by atoms with Crippen molar-refractivity contribution in [3.63, 3.8) is 0 Å². The summed E-state index contributed by atoms with van der Waals surface area (Å²) >= 11 is 0. The Morgan fingerprint density at radius 2 is 1.45 bits per heavy atom. The van der Waals surface area contributed by atoms with Crippen molar-refractivity contribution in [1.29, 1.82) is 0 Å². The van der Waals surface area contributed by atoms with Gasteiger partial charge in [0, 0.05) is 17.7 Å². The van der Waals surface area contributed by atoms with Crippen LogP contribution >= 0.6 is 0 Å². The fourth-order valence-corrected chi connectivity index (χ4v) is 2.03. The van der Waals surface area contributed by atoms with Gasteiger partial charge in [0.25, 0.3) is 5.97 Å². The minimum Gasteiger partial charge on any atom is -0.377 e. The molecule has 0 saturated heterocycles. The third kappa shape index (κ3) is 2.75. The van der Waals surface area contributed by atoms with Gasteiger partial charge in [-0.1, -0.05) is 24.3 Å². The second-order valence-corrected chi connectivity index (χ2v) is 4.54. The Kier molecular flexibility index (Phi) is 3.96. The summed E-state index contributed by atoms with van der Waals surface area (Å²) in [5.41, 5.74) is -0.210. The van der Waals surface area contributed by atoms with E-state index in [1.165, 1.54) is 24.3 Å². The van der Waals surface area contributed by atoms with E-state index in [-0.39, 0.29) is 27.2 Å². The quantitative estimate of drug-likeness (QED) is 0.661. The maximum atomic E-state index is 13.6. The molecule has 0 aromatic heterocycles. The van der Waals surface area contributed by atoms with Crippen molar-refractivity contribution in [2.24, 2.45) is 0 Å². The zero-order valence-electron chi connectivity index (χ0n) is 10.4. The fraction of sp³-hybridized carbons (Fsp3) is 0.0769. The molecule has 0 spiro atoms. The highest BCUT2D eigenvalue weighted by Crippen LogP contribution is 2.28. The monoisotopic (exact) mass is 300 g/mol. The SMILES string of the molecule is OC(O)(O[SiH3])c1ccc(-c2c(F)cc(F)cc2F)cc1. The lowest BCUT2D eigenvalue weighted by atomic mass is 10.0. The lowest BCUT2D eigenvalue weighted by Crippen LogP contribution is -2.27. The molecule has 2 N–H and O–H groups in total. The Hall–Kier alpha value is -1.67. The Balaban J connectivity index is 2.46. The van der Waals surface area contributed by atoms with Crippen LogP contribution in [0.2, 0.25) is 0 Å². The molecule has 0 aliphatic rings. The molecule has 2 rings (SSSR count). The van der Waals surface area contributed by atoms with Crippen LogP contribution in [-0.4, -0.2) is 20.7 Å². The van der Waals surface area contributed by atoms with Crippen LogP contribution in [0.1, 0.15) is 5.56 Å². The summed E-state index contributed by atoms with van der Waals surface area (Å²) in [5.74, 6) is -5.50. The summed E-state index contributed by atoms with van der Waals surface area (Å²) in [5, 5.41) is 18.9. The summed E-state index contributed by atoms with van der Waals surface area (Å²) in [6.45, 7) is 0. The maximum absolute atomic E-state index is 13.6. The molecular weight excluding hydrogens is 289 g/mol. The van der Waals surface area contributed by atoms with Gasteiger partial charge in [0.1, 0.15) is 17.5 Å². The largest absolute Gasteiger partial charge is 0.377 e. The van der Waals surface area contributed by atoms with E-state index in [9.17, 15) is 23.4 Å². The van der Waals surface area contributed by atoms with Gasteiger partial charge in [0.2, 0.25) is 0 Å². The summed E-state index contributed by atoms with van der Waals surface area (Å²) < 4.78 is 44.6. The molecule has 3 nitrogen and oxygen atoms in total. The van der Waals surface area contributed by atoms with E-state index in [0.29, 0.717) is 12.1 Å². The van der Waals surface area contributed by atoms with Gasteiger partial charge in [0.15, 0.2) is 10.5 Å². The first-order valence-corrected chi connectivity index (χ1v) is 6.42. The molecule has 106 valence electrons. The molecule has 0 bridgehead atoms. The number of hydrogen-bond donors (Lipinski definition) is 2. The maximum Gasteiger partial charge on any atom is 0.296 e. The number of aliphatic hydroxyl groups is 2. The molecule has 0 saturated carbocycles. The summed E-state index contributed by atoms with van der Waals surface area (Å²) in [6, 6.07) is 6.25. The number of benzene rings is 2. The first-order valence-electron chi connectivity index (χ1n) is 5.60. The number of rotatable bonds is 3. The zero-order chi connectivity index (χ0) is 14.9. The minimum absolute atomic E-state index is 0.0270.